The van der Waals surface area contributed by atoms with Gasteiger partial charge in [0.1, 0.15) is 5.82 Å². The number of rotatable bonds is 3. The Kier molecular flexibility index (Phi) is 4.24. The average molecular weight is 272 g/mol. The maximum absolute atomic E-state index is 13.0. The first-order valence-corrected chi connectivity index (χ1v) is 8.23. The third-order valence-corrected chi connectivity index (χ3v) is 5.26. The van der Waals surface area contributed by atoms with E-state index in [1.807, 2.05) is 12.1 Å². The first-order valence-electron chi connectivity index (χ1n) is 8.23. The summed E-state index contributed by atoms with van der Waals surface area (Å²) in [6.07, 6.45) is 12.0. The van der Waals surface area contributed by atoms with Crippen molar-refractivity contribution in [2.24, 2.45) is 17.8 Å². The lowest BCUT2D eigenvalue weighted by Crippen LogP contribution is -2.26. The zero-order chi connectivity index (χ0) is 13.9. The normalized spacial score (nSPS) is 29.7. The monoisotopic (exact) mass is 272 g/mol. The van der Waals surface area contributed by atoms with Crippen LogP contribution in [-0.2, 0) is 0 Å². The van der Waals surface area contributed by atoms with E-state index >= 15 is 0 Å². The summed E-state index contributed by atoms with van der Waals surface area (Å²) in [6, 6.07) is 7.04. The van der Waals surface area contributed by atoms with Crippen LogP contribution in [0.4, 0.5) is 4.39 Å². The molecule has 1 fully saturated rings. The fourth-order valence-electron chi connectivity index (χ4n) is 4.19. The lowest BCUT2D eigenvalue weighted by Gasteiger charge is -2.38. The largest absolute Gasteiger partial charge is 0.207 e. The molecule has 3 atom stereocenters. The highest BCUT2D eigenvalue weighted by atomic mass is 19.1. The molecule has 3 rings (SSSR count). The molecule has 0 radical (unpaired) electrons. The highest BCUT2D eigenvalue weighted by molar-refractivity contribution is 5.66. The van der Waals surface area contributed by atoms with Crippen LogP contribution in [0.3, 0.4) is 0 Å². The zero-order valence-electron chi connectivity index (χ0n) is 12.4. The maximum Gasteiger partial charge on any atom is 0.123 e. The fraction of sp³-hybridized carbons (Fsp3) is 0.579. The minimum absolute atomic E-state index is 0.136. The second-order valence-electron chi connectivity index (χ2n) is 6.63. The van der Waals surface area contributed by atoms with E-state index in [-0.39, 0.29) is 5.82 Å². The van der Waals surface area contributed by atoms with Crippen molar-refractivity contribution in [1.82, 2.24) is 0 Å². The predicted molar refractivity (Wildman–Crippen MR) is 82.8 cm³/mol. The Labute approximate surface area is 122 Å². The Morgan fingerprint density at radius 3 is 2.65 bits per heavy atom. The third kappa shape index (κ3) is 2.97. The molecular formula is C19H25F. The van der Waals surface area contributed by atoms with Crippen LogP contribution < -0.4 is 0 Å². The predicted octanol–water partition coefficient (Wildman–Crippen LogP) is 5.84. The molecule has 1 aromatic rings. The molecule has 108 valence electrons. The van der Waals surface area contributed by atoms with E-state index in [1.165, 1.54) is 56.1 Å². The molecule has 0 nitrogen and oxygen atoms in total. The van der Waals surface area contributed by atoms with Gasteiger partial charge in [-0.25, -0.2) is 4.39 Å². The Bertz CT molecular complexity index is 471. The SMILES string of the molecule is CCCC1CCC2C=C(c3ccc(F)cc3)CCC2C1. The van der Waals surface area contributed by atoms with E-state index in [2.05, 4.69) is 13.0 Å². The summed E-state index contributed by atoms with van der Waals surface area (Å²) < 4.78 is 13.0. The molecule has 2 aliphatic carbocycles. The Morgan fingerprint density at radius 2 is 1.90 bits per heavy atom. The second-order valence-corrected chi connectivity index (χ2v) is 6.63. The molecular weight excluding hydrogens is 247 g/mol. The van der Waals surface area contributed by atoms with Gasteiger partial charge in [-0.05, 0) is 73.1 Å². The van der Waals surface area contributed by atoms with E-state index in [4.69, 9.17) is 0 Å². The van der Waals surface area contributed by atoms with Crippen LogP contribution in [-0.4, -0.2) is 0 Å². The second kappa shape index (κ2) is 6.11. The standard InChI is InChI=1S/C19H25F/c1-2-3-14-4-5-18-13-17(7-6-16(18)12-14)15-8-10-19(20)11-9-15/h8-11,13-14,16,18H,2-7,12H2,1H3. The van der Waals surface area contributed by atoms with Crippen molar-refractivity contribution >= 4 is 5.57 Å². The molecule has 0 saturated heterocycles. The van der Waals surface area contributed by atoms with Gasteiger partial charge in [-0.15, -0.1) is 0 Å². The molecule has 0 aliphatic heterocycles. The molecule has 0 amide bonds. The summed E-state index contributed by atoms with van der Waals surface area (Å²) in [6.45, 7) is 2.31. The van der Waals surface area contributed by atoms with E-state index < -0.39 is 0 Å². The summed E-state index contributed by atoms with van der Waals surface area (Å²) in [7, 11) is 0. The summed E-state index contributed by atoms with van der Waals surface area (Å²) in [5.74, 6) is 2.52. The van der Waals surface area contributed by atoms with E-state index in [0.29, 0.717) is 0 Å². The first kappa shape index (κ1) is 13.9. The van der Waals surface area contributed by atoms with Crippen molar-refractivity contribution in [2.75, 3.05) is 0 Å². The molecule has 0 spiro atoms. The Hall–Kier alpha value is -1.11. The van der Waals surface area contributed by atoms with Crippen molar-refractivity contribution in [1.29, 1.82) is 0 Å². The van der Waals surface area contributed by atoms with Crippen LogP contribution in [0.5, 0.6) is 0 Å². The highest BCUT2D eigenvalue weighted by Gasteiger charge is 2.31. The van der Waals surface area contributed by atoms with Gasteiger partial charge in [0, 0.05) is 0 Å². The first-order chi connectivity index (χ1) is 9.76. The summed E-state index contributed by atoms with van der Waals surface area (Å²) in [4.78, 5) is 0. The minimum Gasteiger partial charge on any atom is -0.207 e. The van der Waals surface area contributed by atoms with Gasteiger partial charge in [-0.3, -0.25) is 0 Å². The Morgan fingerprint density at radius 1 is 1.10 bits per heavy atom. The van der Waals surface area contributed by atoms with Crippen molar-refractivity contribution in [2.45, 2.75) is 51.9 Å². The fourth-order valence-corrected chi connectivity index (χ4v) is 4.19. The smallest absolute Gasteiger partial charge is 0.123 e. The van der Waals surface area contributed by atoms with Gasteiger partial charge in [0.15, 0.2) is 0 Å². The number of benzene rings is 1. The number of hydrogen-bond donors (Lipinski definition) is 0. The van der Waals surface area contributed by atoms with E-state index in [1.54, 1.807) is 12.1 Å². The van der Waals surface area contributed by atoms with Gasteiger partial charge in [-0.2, -0.15) is 0 Å². The summed E-state index contributed by atoms with van der Waals surface area (Å²) in [5, 5.41) is 0. The quantitative estimate of drug-likeness (QED) is 0.649. The molecule has 1 heteroatoms. The molecule has 1 aromatic carbocycles. The van der Waals surface area contributed by atoms with Crippen LogP contribution in [0.2, 0.25) is 0 Å². The van der Waals surface area contributed by atoms with Gasteiger partial charge in [-0.1, -0.05) is 38.0 Å². The van der Waals surface area contributed by atoms with E-state index in [0.717, 1.165) is 17.8 Å². The third-order valence-electron chi connectivity index (χ3n) is 5.26. The van der Waals surface area contributed by atoms with Crippen molar-refractivity contribution in [3.8, 4) is 0 Å². The van der Waals surface area contributed by atoms with Crippen LogP contribution in [0.15, 0.2) is 30.3 Å². The van der Waals surface area contributed by atoms with Gasteiger partial charge < -0.3 is 0 Å². The van der Waals surface area contributed by atoms with Crippen LogP contribution in [0.1, 0.15) is 57.4 Å². The number of halogens is 1. The highest BCUT2D eigenvalue weighted by Crippen LogP contribution is 2.44. The molecule has 20 heavy (non-hydrogen) atoms. The van der Waals surface area contributed by atoms with E-state index in [9.17, 15) is 4.39 Å². The molecule has 0 heterocycles. The average Bonchev–Trinajstić information content (AvgIpc) is 2.48. The number of hydrogen-bond acceptors (Lipinski definition) is 0. The van der Waals surface area contributed by atoms with Crippen molar-refractivity contribution in [3.05, 3.63) is 41.7 Å². The van der Waals surface area contributed by atoms with Crippen LogP contribution in [0, 0.1) is 23.6 Å². The Balaban J connectivity index is 1.71. The lowest BCUT2D eigenvalue weighted by atomic mass is 9.67. The minimum atomic E-state index is -0.136. The van der Waals surface area contributed by atoms with Crippen molar-refractivity contribution in [3.63, 3.8) is 0 Å². The van der Waals surface area contributed by atoms with Crippen LogP contribution in [0.25, 0.3) is 5.57 Å². The van der Waals surface area contributed by atoms with Gasteiger partial charge >= 0.3 is 0 Å². The molecule has 0 bridgehead atoms. The van der Waals surface area contributed by atoms with Gasteiger partial charge in [0.25, 0.3) is 0 Å². The summed E-state index contributed by atoms with van der Waals surface area (Å²) in [5.41, 5.74) is 2.67. The topological polar surface area (TPSA) is 0 Å². The maximum atomic E-state index is 13.0. The van der Waals surface area contributed by atoms with Crippen molar-refractivity contribution < 1.29 is 4.39 Å². The summed E-state index contributed by atoms with van der Waals surface area (Å²) >= 11 is 0. The van der Waals surface area contributed by atoms with Crippen LogP contribution >= 0.6 is 0 Å². The van der Waals surface area contributed by atoms with Gasteiger partial charge in [0.2, 0.25) is 0 Å². The molecule has 0 aromatic heterocycles. The number of allylic oxidation sites excluding steroid dienone is 2. The molecule has 3 unspecified atom stereocenters. The van der Waals surface area contributed by atoms with Gasteiger partial charge in [0.05, 0.1) is 0 Å². The zero-order valence-corrected chi connectivity index (χ0v) is 12.4. The molecule has 2 aliphatic rings. The molecule has 0 N–H and O–H groups in total. The lowest BCUT2D eigenvalue weighted by molar-refractivity contribution is 0.190. The molecule has 1 saturated carbocycles. The number of fused-ring (bicyclic) bond motifs is 1.